The third-order valence-corrected chi connectivity index (χ3v) is 3.65. The van der Waals surface area contributed by atoms with Crippen molar-refractivity contribution >= 4 is 22.7 Å². The fraction of sp³-hybridized carbons (Fsp3) is 0.150. The van der Waals surface area contributed by atoms with Crippen LogP contribution in [0.3, 0.4) is 0 Å². The van der Waals surface area contributed by atoms with Crippen molar-refractivity contribution in [3.63, 3.8) is 0 Å². The van der Waals surface area contributed by atoms with Gasteiger partial charge in [-0.3, -0.25) is 20.4 Å². The van der Waals surface area contributed by atoms with Gasteiger partial charge < -0.3 is 9.47 Å². The fourth-order valence-corrected chi connectivity index (χ4v) is 2.41. The van der Waals surface area contributed by atoms with E-state index in [1.165, 1.54) is 0 Å². The molecule has 138 valence electrons. The van der Waals surface area contributed by atoms with Gasteiger partial charge in [-0.1, -0.05) is 36.4 Å². The lowest BCUT2D eigenvalue weighted by molar-refractivity contribution is -0.123. The van der Waals surface area contributed by atoms with E-state index in [1.807, 2.05) is 37.3 Å². The smallest absolute Gasteiger partial charge is 0.288 e. The molecule has 1 heterocycles. The Morgan fingerprint density at radius 1 is 0.889 bits per heavy atom. The Kier molecular flexibility index (Phi) is 5.84. The maximum atomic E-state index is 12.2. The number of benzene rings is 2. The number of amides is 2. The number of carbonyl (C=O) groups is 2. The average Bonchev–Trinajstić information content (AvgIpc) is 2.71. The van der Waals surface area contributed by atoms with Gasteiger partial charge in [0.1, 0.15) is 5.69 Å². The van der Waals surface area contributed by atoms with Crippen molar-refractivity contribution in [2.24, 2.45) is 0 Å². The maximum Gasteiger partial charge on any atom is 0.288 e. The molecule has 7 heteroatoms. The Morgan fingerprint density at radius 3 is 2.37 bits per heavy atom. The first kappa shape index (κ1) is 18.2. The van der Waals surface area contributed by atoms with Crippen molar-refractivity contribution in [2.45, 2.75) is 6.92 Å². The summed E-state index contributed by atoms with van der Waals surface area (Å²) in [7, 11) is 0. The lowest BCUT2D eigenvalue weighted by Crippen LogP contribution is -2.44. The van der Waals surface area contributed by atoms with Gasteiger partial charge in [0.05, 0.1) is 12.1 Å². The molecule has 27 heavy (non-hydrogen) atoms. The van der Waals surface area contributed by atoms with Crippen LogP contribution in [0.5, 0.6) is 11.5 Å². The molecule has 3 aromatic rings. The second kappa shape index (κ2) is 8.66. The molecule has 0 bridgehead atoms. The molecular formula is C20H19N3O4. The number of nitrogens with one attached hydrogen (secondary N) is 2. The zero-order chi connectivity index (χ0) is 19.1. The predicted molar refractivity (Wildman–Crippen MR) is 100 cm³/mol. The molecule has 0 saturated heterocycles. The number of fused-ring (bicyclic) bond motifs is 1. The molecule has 0 aliphatic carbocycles. The van der Waals surface area contributed by atoms with Crippen molar-refractivity contribution in [2.75, 3.05) is 13.2 Å². The number of hydrogen-bond donors (Lipinski definition) is 2. The van der Waals surface area contributed by atoms with Gasteiger partial charge in [0, 0.05) is 5.39 Å². The van der Waals surface area contributed by atoms with E-state index < -0.39 is 11.8 Å². The molecule has 0 spiro atoms. The van der Waals surface area contributed by atoms with Crippen molar-refractivity contribution in [1.82, 2.24) is 15.8 Å². The minimum atomic E-state index is -0.510. The average molecular weight is 365 g/mol. The first-order valence-electron chi connectivity index (χ1n) is 8.47. The Labute approximate surface area is 156 Å². The molecule has 0 aliphatic rings. The van der Waals surface area contributed by atoms with E-state index in [0.717, 1.165) is 5.39 Å². The summed E-state index contributed by atoms with van der Waals surface area (Å²) >= 11 is 0. The summed E-state index contributed by atoms with van der Waals surface area (Å²) in [6.07, 6.45) is 0. The molecule has 0 saturated carbocycles. The number of hydrogen-bond acceptors (Lipinski definition) is 5. The number of carbonyl (C=O) groups excluding carboxylic acids is 2. The number of ether oxygens (including phenoxy) is 2. The van der Waals surface area contributed by atoms with Gasteiger partial charge in [0.15, 0.2) is 18.1 Å². The molecule has 1 aromatic heterocycles. The minimum absolute atomic E-state index is 0.205. The van der Waals surface area contributed by atoms with Gasteiger partial charge >= 0.3 is 0 Å². The van der Waals surface area contributed by atoms with E-state index in [-0.39, 0.29) is 12.3 Å². The quantitative estimate of drug-likeness (QED) is 0.655. The number of pyridine rings is 1. The summed E-state index contributed by atoms with van der Waals surface area (Å²) in [6.45, 7) is 2.08. The minimum Gasteiger partial charge on any atom is -0.490 e. The molecule has 2 aromatic carbocycles. The standard InChI is InChI=1S/C20H19N3O4/c1-2-26-17-9-5-6-10-18(17)27-13-19(24)22-23-20(25)16-12-11-14-7-3-4-8-15(14)21-16/h3-12H,2,13H2,1H3,(H,22,24)(H,23,25). The van der Waals surface area contributed by atoms with E-state index in [4.69, 9.17) is 9.47 Å². The monoisotopic (exact) mass is 365 g/mol. The first-order chi connectivity index (χ1) is 13.2. The van der Waals surface area contributed by atoms with Crippen LogP contribution < -0.4 is 20.3 Å². The molecule has 2 N–H and O–H groups in total. The Bertz CT molecular complexity index is 959. The SMILES string of the molecule is CCOc1ccccc1OCC(=O)NNC(=O)c1ccc2ccccc2n1. The number of nitrogens with zero attached hydrogens (tertiary/aromatic N) is 1. The number of aromatic nitrogens is 1. The summed E-state index contributed by atoms with van der Waals surface area (Å²) < 4.78 is 10.9. The molecular weight excluding hydrogens is 346 g/mol. The van der Waals surface area contributed by atoms with Crippen molar-refractivity contribution in [3.8, 4) is 11.5 Å². The predicted octanol–water partition coefficient (Wildman–Crippen LogP) is 2.47. The van der Waals surface area contributed by atoms with Gasteiger partial charge in [-0.25, -0.2) is 4.98 Å². The molecule has 0 unspecified atom stereocenters. The Hall–Kier alpha value is -3.61. The largest absolute Gasteiger partial charge is 0.490 e. The highest BCUT2D eigenvalue weighted by atomic mass is 16.5. The van der Waals surface area contributed by atoms with Crippen LogP contribution in [-0.2, 0) is 4.79 Å². The van der Waals surface area contributed by atoms with Gasteiger partial charge in [-0.2, -0.15) is 0 Å². The van der Waals surface area contributed by atoms with Crippen LogP contribution in [0.4, 0.5) is 0 Å². The van der Waals surface area contributed by atoms with Crippen LogP contribution in [0, 0.1) is 0 Å². The summed E-state index contributed by atoms with van der Waals surface area (Å²) in [5, 5.41) is 0.930. The van der Waals surface area contributed by atoms with Gasteiger partial charge in [0.25, 0.3) is 11.8 Å². The second-order valence-corrected chi connectivity index (χ2v) is 5.56. The topological polar surface area (TPSA) is 89.5 Å². The molecule has 0 radical (unpaired) electrons. The number of para-hydroxylation sites is 3. The zero-order valence-corrected chi connectivity index (χ0v) is 14.8. The summed E-state index contributed by atoms with van der Waals surface area (Å²) in [4.78, 5) is 28.3. The van der Waals surface area contributed by atoms with Gasteiger partial charge in [0.2, 0.25) is 0 Å². The zero-order valence-electron chi connectivity index (χ0n) is 14.8. The third-order valence-electron chi connectivity index (χ3n) is 3.65. The number of rotatable bonds is 6. The maximum absolute atomic E-state index is 12.2. The van der Waals surface area contributed by atoms with E-state index in [1.54, 1.807) is 30.3 Å². The van der Waals surface area contributed by atoms with E-state index in [2.05, 4.69) is 15.8 Å². The molecule has 7 nitrogen and oxygen atoms in total. The highest BCUT2D eigenvalue weighted by Crippen LogP contribution is 2.26. The van der Waals surface area contributed by atoms with Crippen LogP contribution in [0.1, 0.15) is 17.4 Å². The normalized spacial score (nSPS) is 10.3. The lowest BCUT2D eigenvalue weighted by atomic mass is 10.2. The van der Waals surface area contributed by atoms with Crippen LogP contribution in [0.15, 0.2) is 60.7 Å². The van der Waals surface area contributed by atoms with Gasteiger partial charge in [-0.05, 0) is 31.2 Å². The van der Waals surface area contributed by atoms with Crippen LogP contribution in [-0.4, -0.2) is 30.0 Å². The number of hydrazine groups is 1. The fourth-order valence-electron chi connectivity index (χ4n) is 2.41. The van der Waals surface area contributed by atoms with Crippen molar-refractivity contribution in [1.29, 1.82) is 0 Å². The highest BCUT2D eigenvalue weighted by molar-refractivity contribution is 5.95. The molecule has 0 atom stereocenters. The second-order valence-electron chi connectivity index (χ2n) is 5.56. The van der Waals surface area contributed by atoms with E-state index in [0.29, 0.717) is 23.6 Å². The molecule has 3 rings (SSSR count). The summed E-state index contributed by atoms with van der Waals surface area (Å²) in [6, 6.07) is 17.9. The third kappa shape index (κ3) is 4.72. The van der Waals surface area contributed by atoms with E-state index in [9.17, 15) is 9.59 Å². The highest BCUT2D eigenvalue weighted by Gasteiger charge is 2.11. The first-order valence-corrected chi connectivity index (χ1v) is 8.47. The van der Waals surface area contributed by atoms with E-state index >= 15 is 0 Å². The molecule has 2 amide bonds. The van der Waals surface area contributed by atoms with Crippen LogP contribution >= 0.6 is 0 Å². The van der Waals surface area contributed by atoms with Crippen LogP contribution in [0.25, 0.3) is 10.9 Å². The van der Waals surface area contributed by atoms with Gasteiger partial charge in [-0.15, -0.1) is 0 Å². The van der Waals surface area contributed by atoms with Crippen molar-refractivity contribution < 1.29 is 19.1 Å². The van der Waals surface area contributed by atoms with Crippen molar-refractivity contribution in [3.05, 3.63) is 66.4 Å². The Morgan fingerprint density at radius 2 is 1.59 bits per heavy atom. The van der Waals surface area contributed by atoms with Crippen LogP contribution in [0.2, 0.25) is 0 Å². The Balaban J connectivity index is 1.53. The summed E-state index contributed by atoms with van der Waals surface area (Å²) in [5.74, 6) is -0.00604. The lowest BCUT2D eigenvalue weighted by Gasteiger charge is -2.12. The molecule has 0 aliphatic heterocycles. The summed E-state index contributed by atoms with van der Waals surface area (Å²) in [5.41, 5.74) is 5.54. The molecule has 0 fully saturated rings.